The predicted octanol–water partition coefficient (Wildman–Crippen LogP) is 2.85. The molecule has 0 heterocycles. The van der Waals surface area contributed by atoms with Gasteiger partial charge >= 0.3 is 5.97 Å². The lowest BCUT2D eigenvalue weighted by atomic mass is 10.1. The van der Waals surface area contributed by atoms with Crippen molar-refractivity contribution in [2.75, 3.05) is 13.2 Å². The van der Waals surface area contributed by atoms with Crippen molar-refractivity contribution in [2.45, 2.75) is 26.4 Å². The van der Waals surface area contributed by atoms with Crippen LogP contribution in [0.4, 0.5) is 0 Å². The van der Waals surface area contributed by atoms with Gasteiger partial charge in [0.05, 0.1) is 6.61 Å². The topological polar surface area (TPSA) is 35.5 Å². The van der Waals surface area contributed by atoms with E-state index in [1.54, 1.807) is 19.1 Å². The minimum Gasteiger partial charge on any atom is -0.464 e. The maximum absolute atomic E-state index is 11.6. The van der Waals surface area contributed by atoms with E-state index >= 15 is 0 Å². The van der Waals surface area contributed by atoms with E-state index in [4.69, 9.17) is 21.1 Å². The SMILES string of the molecule is CCOC(=O)C(Cc1ccc(Cl)cc1)OCC. The number of carbonyl (C=O) groups is 1. The van der Waals surface area contributed by atoms with Crippen molar-refractivity contribution < 1.29 is 14.3 Å². The highest BCUT2D eigenvalue weighted by Crippen LogP contribution is 2.13. The molecule has 1 unspecified atom stereocenters. The molecule has 0 radical (unpaired) electrons. The van der Waals surface area contributed by atoms with Gasteiger partial charge in [-0.25, -0.2) is 4.79 Å². The van der Waals surface area contributed by atoms with Crippen molar-refractivity contribution in [3.8, 4) is 0 Å². The van der Waals surface area contributed by atoms with Crippen molar-refractivity contribution in [1.29, 1.82) is 0 Å². The summed E-state index contributed by atoms with van der Waals surface area (Å²) >= 11 is 5.80. The van der Waals surface area contributed by atoms with Crippen LogP contribution in [0.25, 0.3) is 0 Å². The quantitative estimate of drug-likeness (QED) is 0.735. The van der Waals surface area contributed by atoms with E-state index in [1.165, 1.54) is 0 Å². The monoisotopic (exact) mass is 256 g/mol. The fourth-order valence-corrected chi connectivity index (χ4v) is 1.61. The summed E-state index contributed by atoms with van der Waals surface area (Å²) < 4.78 is 10.3. The summed E-state index contributed by atoms with van der Waals surface area (Å²) in [6, 6.07) is 7.36. The first-order valence-electron chi connectivity index (χ1n) is 5.70. The Kier molecular flexibility index (Phi) is 6.01. The number of esters is 1. The Bertz CT molecular complexity index is 348. The minimum atomic E-state index is -0.541. The van der Waals surface area contributed by atoms with E-state index in [1.807, 2.05) is 19.1 Å². The molecular formula is C13H17ClO3. The molecule has 94 valence electrons. The van der Waals surface area contributed by atoms with Crippen LogP contribution in [0.1, 0.15) is 19.4 Å². The van der Waals surface area contributed by atoms with Crippen molar-refractivity contribution in [3.63, 3.8) is 0 Å². The number of hydrogen-bond donors (Lipinski definition) is 0. The Morgan fingerprint density at radius 2 is 1.88 bits per heavy atom. The minimum absolute atomic E-state index is 0.315. The maximum Gasteiger partial charge on any atom is 0.335 e. The summed E-state index contributed by atoms with van der Waals surface area (Å²) in [4.78, 5) is 11.6. The average molecular weight is 257 g/mol. The molecule has 0 aliphatic heterocycles. The molecule has 0 N–H and O–H groups in total. The maximum atomic E-state index is 11.6. The van der Waals surface area contributed by atoms with E-state index in [9.17, 15) is 4.79 Å². The highest BCUT2D eigenvalue weighted by molar-refractivity contribution is 6.30. The zero-order chi connectivity index (χ0) is 12.7. The van der Waals surface area contributed by atoms with Crippen molar-refractivity contribution in [3.05, 3.63) is 34.9 Å². The van der Waals surface area contributed by atoms with Gasteiger partial charge in [-0.1, -0.05) is 23.7 Å². The van der Waals surface area contributed by atoms with Crippen LogP contribution in [0.2, 0.25) is 5.02 Å². The zero-order valence-corrected chi connectivity index (χ0v) is 10.9. The van der Waals surface area contributed by atoms with Crippen LogP contribution < -0.4 is 0 Å². The third-order valence-corrected chi connectivity index (χ3v) is 2.50. The van der Waals surface area contributed by atoms with Gasteiger partial charge in [0.25, 0.3) is 0 Å². The molecule has 0 spiro atoms. The molecule has 0 saturated carbocycles. The van der Waals surface area contributed by atoms with Crippen LogP contribution >= 0.6 is 11.6 Å². The number of halogens is 1. The number of hydrogen-bond acceptors (Lipinski definition) is 3. The lowest BCUT2D eigenvalue weighted by Crippen LogP contribution is -2.28. The third-order valence-electron chi connectivity index (χ3n) is 2.25. The van der Waals surface area contributed by atoms with E-state index in [0.717, 1.165) is 5.56 Å². The standard InChI is InChI=1S/C13H17ClO3/c1-3-16-12(13(15)17-4-2)9-10-5-7-11(14)8-6-10/h5-8,12H,3-4,9H2,1-2H3. The zero-order valence-electron chi connectivity index (χ0n) is 10.1. The smallest absolute Gasteiger partial charge is 0.335 e. The van der Waals surface area contributed by atoms with Gasteiger partial charge in [-0.3, -0.25) is 0 Å². The van der Waals surface area contributed by atoms with Gasteiger partial charge in [0.1, 0.15) is 0 Å². The largest absolute Gasteiger partial charge is 0.464 e. The predicted molar refractivity (Wildman–Crippen MR) is 67.2 cm³/mol. The number of rotatable bonds is 6. The molecule has 3 nitrogen and oxygen atoms in total. The van der Waals surface area contributed by atoms with Crippen LogP contribution in [0.15, 0.2) is 24.3 Å². The molecule has 1 aromatic carbocycles. The lowest BCUT2D eigenvalue weighted by molar-refractivity contribution is -0.156. The Labute approximate surface area is 107 Å². The average Bonchev–Trinajstić information content (AvgIpc) is 2.31. The molecule has 1 atom stereocenters. The second kappa shape index (κ2) is 7.30. The van der Waals surface area contributed by atoms with E-state index in [0.29, 0.717) is 24.7 Å². The summed E-state index contributed by atoms with van der Waals surface area (Å²) in [5.74, 6) is -0.315. The molecule has 0 bridgehead atoms. The van der Waals surface area contributed by atoms with Crippen molar-refractivity contribution >= 4 is 17.6 Å². The molecule has 0 aliphatic carbocycles. The first kappa shape index (κ1) is 14.0. The van der Waals surface area contributed by atoms with Crippen molar-refractivity contribution in [1.82, 2.24) is 0 Å². The number of carbonyl (C=O) groups excluding carboxylic acids is 1. The summed E-state index contributed by atoms with van der Waals surface area (Å²) in [6.45, 7) is 4.48. The summed E-state index contributed by atoms with van der Waals surface area (Å²) in [7, 11) is 0. The first-order chi connectivity index (χ1) is 8.17. The van der Waals surface area contributed by atoms with Gasteiger partial charge in [0.15, 0.2) is 6.10 Å². The molecule has 0 saturated heterocycles. The van der Waals surface area contributed by atoms with Crippen molar-refractivity contribution in [2.24, 2.45) is 0 Å². The molecule has 1 rings (SSSR count). The van der Waals surface area contributed by atoms with E-state index < -0.39 is 6.10 Å². The number of benzene rings is 1. The van der Waals surface area contributed by atoms with Crippen LogP contribution in [0.5, 0.6) is 0 Å². The van der Waals surface area contributed by atoms with Crippen LogP contribution in [0.3, 0.4) is 0 Å². The van der Waals surface area contributed by atoms with Gasteiger partial charge in [-0.2, -0.15) is 0 Å². The van der Waals surface area contributed by atoms with Crippen LogP contribution in [-0.4, -0.2) is 25.3 Å². The first-order valence-corrected chi connectivity index (χ1v) is 6.07. The van der Waals surface area contributed by atoms with Gasteiger partial charge in [0.2, 0.25) is 0 Å². The third kappa shape index (κ3) is 4.75. The Morgan fingerprint density at radius 3 is 2.41 bits per heavy atom. The molecule has 0 fully saturated rings. The molecule has 1 aromatic rings. The second-order valence-corrected chi connectivity index (χ2v) is 3.96. The fraction of sp³-hybridized carbons (Fsp3) is 0.462. The Morgan fingerprint density at radius 1 is 1.24 bits per heavy atom. The van der Waals surface area contributed by atoms with Crippen LogP contribution in [-0.2, 0) is 20.7 Å². The van der Waals surface area contributed by atoms with Gasteiger partial charge in [-0.15, -0.1) is 0 Å². The summed E-state index contributed by atoms with van der Waals surface area (Å²) in [6.07, 6.45) is -0.0368. The fourth-order valence-electron chi connectivity index (χ4n) is 1.48. The molecular weight excluding hydrogens is 240 g/mol. The van der Waals surface area contributed by atoms with Gasteiger partial charge < -0.3 is 9.47 Å². The van der Waals surface area contributed by atoms with Gasteiger partial charge in [0, 0.05) is 18.1 Å². The summed E-state index contributed by atoms with van der Waals surface area (Å²) in [5.41, 5.74) is 1.00. The normalized spacial score (nSPS) is 12.2. The molecule has 0 aliphatic rings. The molecule has 4 heteroatoms. The highest BCUT2D eigenvalue weighted by Gasteiger charge is 2.20. The van der Waals surface area contributed by atoms with E-state index in [-0.39, 0.29) is 5.97 Å². The van der Waals surface area contributed by atoms with Gasteiger partial charge in [-0.05, 0) is 31.5 Å². The van der Waals surface area contributed by atoms with E-state index in [2.05, 4.69) is 0 Å². The van der Waals surface area contributed by atoms with Crippen LogP contribution in [0, 0.1) is 0 Å². The highest BCUT2D eigenvalue weighted by atomic mass is 35.5. The molecule has 17 heavy (non-hydrogen) atoms. The second-order valence-electron chi connectivity index (χ2n) is 3.53. The summed E-state index contributed by atoms with van der Waals surface area (Å²) in [5, 5.41) is 0.679. The Balaban J connectivity index is 2.65. The Hall–Kier alpha value is -1.06. The number of ether oxygens (including phenoxy) is 2. The molecule has 0 aromatic heterocycles. The lowest BCUT2D eigenvalue weighted by Gasteiger charge is -2.15. The molecule has 0 amide bonds.